The minimum Gasteiger partial charge on any atom is -0.507 e. The summed E-state index contributed by atoms with van der Waals surface area (Å²) in [5.74, 6) is 0.0105. The van der Waals surface area contributed by atoms with Crippen LogP contribution in [0.5, 0.6) is 5.75 Å². The number of likely N-dealkylation sites (tertiary alicyclic amines) is 1. The van der Waals surface area contributed by atoms with Crippen molar-refractivity contribution in [2.45, 2.75) is 26.4 Å². The van der Waals surface area contributed by atoms with Gasteiger partial charge < -0.3 is 19.2 Å². The number of ether oxygens (including phenoxy) is 1. The highest BCUT2D eigenvalue weighted by Crippen LogP contribution is 2.41. The van der Waals surface area contributed by atoms with Crippen molar-refractivity contribution in [2.75, 3.05) is 7.11 Å². The number of benzene rings is 2. The molecule has 0 radical (unpaired) electrons. The van der Waals surface area contributed by atoms with Crippen LogP contribution in [-0.4, -0.2) is 28.8 Å². The van der Waals surface area contributed by atoms with Crippen LogP contribution in [0.25, 0.3) is 5.76 Å². The van der Waals surface area contributed by atoms with Gasteiger partial charge in [-0.25, -0.2) is 0 Å². The van der Waals surface area contributed by atoms with E-state index in [-0.39, 0.29) is 17.9 Å². The van der Waals surface area contributed by atoms with E-state index in [1.54, 1.807) is 44.4 Å². The van der Waals surface area contributed by atoms with Crippen LogP contribution in [0.2, 0.25) is 0 Å². The van der Waals surface area contributed by atoms with E-state index in [4.69, 9.17) is 9.15 Å². The number of hydrogen-bond donors (Lipinski definition) is 1. The smallest absolute Gasteiger partial charge is 0.296 e. The molecule has 2 heterocycles. The third-order valence-electron chi connectivity index (χ3n) is 5.43. The molecule has 0 aliphatic carbocycles. The number of rotatable bonds is 5. The van der Waals surface area contributed by atoms with Crippen molar-refractivity contribution in [1.29, 1.82) is 0 Å². The summed E-state index contributed by atoms with van der Waals surface area (Å²) in [7, 11) is 1.55. The molecule has 6 heteroatoms. The standard InChI is InChI=1S/C25H23NO5/c1-15-8-11-17(12-9-15)23(27)21-22(20-13-10-16(2)31-20)26(25(29)24(21)28)14-18-6-4-5-7-19(18)30-3/h4-13,22,27H,14H2,1-3H3/b23-21+. The van der Waals surface area contributed by atoms with Crippen molar-refractivity contribution >= 4 is 17.4 Å². The van der Waals surface area contributed by atoms with Crippen molar-refractivity contribution in [3.05, 3.63) is 94.4 Å². The van der Waals surface area contributed by atoms with Gasteiger partial charge in [0.1, 0.15) is 29.1 Å². The SMILES string of the molecule is COc1ccccc1CN1C(=O)C(=O)/C(=C(/O)c2ccc(C)cc2)C1c1ccc(C)o1. The molecule has 1 aliphatic heterocycles. The first-order valence-corrected chi connectivity index (χ1v) is 9.94. The van der Waals surface area contributed by atoms with E-state index in [2.05, 4.69) is 0 Å². The first-order chi connectivity index (χ1) is 14.9. The number of aliphatic hydroxyl groups excluding tert-OH is 1. The molecule has 4 rings (SSSR count). The van der Waals surface area contributed by atoms with Gasteiger partial charge in [0, 0.05) is 11.1 Å². The molecular weight excluding hydrogens is 394 g/mol. The number of hydrogen-bond acceptors (Lipinski definition) is 5. The van der Waals surface area contributed by atoms with Crippen LogP contribution in [0.15, 0.2) is 70.7 Å². The molecule has 1 unspecified atom stereocenters. The number of furan rings is 1. The monoisotopic (exact) mass is 417 g/mol. The Morgan fingerprint density at radius 3 is 2.39 bits per heavy atom. The van der Waals surface area contributed by atoms with E-state index in [1.807, 2.05) is 37.3 Å². The van der Waals surface area contributed by atoms with Gasteiger partial charge in [-0.3, -0.25) is 9.59 Å². The molecular formula is C25H23NO5. The average Bonchev–Trinajstić information content (AvgIpc) is 3.30. The van der Waals surface area contributed by atoms with Gasteiger partial charge in [0.15, 0.2) is 0 Å². The Balaban J connectivity index is 1.85. The van der Waals surface area contributed by atoms with Crippen molar-refractivity contribution in [1.82, 2.24) is 4.90 Å². The Labute approximate surface area is 180 Å². The summed E-state index contributed by atoms with van der Waals surface area (Å²) in [6.07, 6.45) is 0. The topological polar surface area (TPSA) is 80.0 Å². The Bertz CT molecular complexity index is 1170. The van der Waals surface area contributed by atoms with Crippen molar-refractivity contribution in [3.63, 3.8) is 0 Å². The fraction of sp³-hybridized carbons (Fsp3) is 0.200. The summed E-state index contributed by atoms with van der Waals surface area (Å²) in [6.45, 7) is 3.85. The fourth-order valence-electron chi connectivity index (χ4n) is 3.82. The van der Waals surface area contributed by atoms with Gasteiger partial charge in [-0.15, -0.1) is 0 Å². The Morgan fingerprint density at radius 2 is 1.74 bits per heavy atom. The second-order valence-electron chi connectivity index (χ2n) is 7.55. The quantitative estimate of drug-likeness (QED) is 0.375. The van der Waals surface area contributed by atoms with Crippen LogP contribution in [0.4, 0.5) is 0 Å². The number of carbonyl (C=O) groups is 2. The summed E-state index contributed by atoms with van der Waals surface area (Å²) in [4.78, 5) is 27.5. The highest BCUT2D eigenvalue weighted by molar-refractivity contribution is 6.46. The molecule has 1 aliphatic rings. The molecule has 3 aromatic rings. The largest absolute Gasteiger partial charge is 0.507 e. The number of Topliss-reactive ketones (excluding diaryl/α,β-unsaturated/α-hetero) is 1. The molecule has 158 valence electrons. The Morgan fingerprint density at radius 1 is 1.03 bits per heavy atom. The van der Waals surface area contributed by atoms with Crippen molar-refractivity contribution in [3.8, 4) is 5.75 Å². The van der Waals surface area contributed by atoms with Gasteiger partial charge in [-0.05, 0) is 32.0 Å². The Hall–Kier alpha value is -3.80. The van der Waals surface area contributed by atoms with Crippen LogP contribution < -0.4 is 4.74 Å². The zero-order chi connectivity index (χ0) is 22.1. The van der Waals surface area contributed by atoms with Crippen molar-refractivity contribution < 1.29 is 23.8 Å². The summed E-state index contributed by atoms with van der Waals surface area (Å²) >= 11 is 0. The van der Waals surface area contributed by atoms with Gasteiger partial charge in [-0.2, -0.15) is 0 Å². The maximum atomic E-state index is 13.1. The van der Waals surface area contributed by atoms with Crippen LogP contribution in [0.3, 0.4) is 0 Å². The minimum absolute atomic E-state index is 0.0121. The third kappa shape index (κ3) is 3.72. The maximum Gasteiger partial charge on any atom is 0.296 e. The molecule has 1 N–H and O–H groups in total. The van der Waals surface area contributed by atoms with Gasteiger partial charge >= 0.3 is 0 Å². The number of nitrogens with zero attached hydrogens (tertiary/aromatic N) is 1. The van der Waals surface area contributed by atoms with E-state index in [0.717, 1.165) is 11.1 Å². The summed E-state index contributed by atoms with van der Waals surface area (Å²) in [5, 5.41) is 11.0. The lowest BCUT2D eigenvalue weighted by Crippen LogP contribution is -2.29. The van der Waals surface area contributed by atoms with Crippen LogP contribution in [0.1, 0.15) is 34.3 Å². The molecule has 31 heavy (non-hydrogen) atoms. The van der Waals surface area contributed by atoms with E-state index in [1.165, 1.54) is 4.90 Å². The third-order valence-corrected chi connectivity index (χ3v) is 5.43. The highest BCUT2D eigenvalue weighted by Gasteiger charge is 2.47. The molecule has 6 nitrogen and oxygen atoms in total. The molecule has 0 saturated carbocycles. The lowest BCUT2D eigenvalue weighted by atomic mass is 9.98. The van der Waals surface area contributed by atoms with Gasteiger partial charge in [0.25, 0.3) is 11.7 Å². The zero-order valence-electron chi connectivity index (χ0n) is 17.6. The average molecular weight is 417 g/mol. The number of aryl methyl sites for hydroxylation is 2. The summed E-state index contributed by atoms with van der Waals surface area (Å²) < 4.78 is 11.2. The van der Waals surface area contributed by atoms with Crippen LogP contribution >= 0.6 is 0 Å². The normalized spacial score (nSPS) is 17.9. The van der Waals surface area contributed by atoms with E-state index < -0.39 is 17.7 Å². The number of aliphatic hydroxyl groups is 1. The number of para-hydroxylation sites is 1. The number of methoxy groups -OCH3 is 1. The predicted octanol–water partition coefficient (Wildman–Crippen LogP) is 4.53. The molecule has 0 bridgehead atoms. The predicted molar refractivity (Wildman–Crippen MR) is 115 cm³/mol. The van der Waals surface area contributed by atoms with Gasteiger partial charge in [0.2, 0.25) is 0 Å². The molecule has 1 aromatic heterocycles. The summed E-state index contributed by atoms with van der Waals surface area (Å²) in [5.41, 5.74) is 2.24. The fourth-order valence-corrected chi connectivity index (χ4v) is 3.82. The lowest BCUT2D eigenvalue weighted by Gasteiger charge is -2.24. The second-order valence-corrected chi connectivity index (χ2v) is 7.55. The van der Waals surface area contributed by atoms with Crippen LogP contribution in [0, 0.1) is 13.8 Å². The lowest BCUT2D eigenvalue weighted by molar-refractivity contribution is -0.140. The molecule has 0 spiro atoms. The zero-order valence-corrected chi connectivity index (χ0v) is 17.6. The minimum atomic E-state index is -0.847. The molecule has 2 aromatic carbocycles. The van der Waals surface area contributed by atoms with E-state index >= 15 is 0 Å². The van der Waals surface area contributed by atoms with Crippen LogP contribution in [-0.2, 0) is 16.1 Å². The first kappa shape index (κ1) is 20.5. The van der Waals surface area contributed by atoms with E-state index in [9.17, 15) is 14.7 Å². The Kier molecular flexibility index (Phi) is 5.38. The highest BCUT2D eigenvalue weighted by atomic mass is 16.5. The number of ketones is 1. The molecule has 1 fully saturated rings. The summed E-state index contributed by atoms with van der Waals surface area (Å²) in [6, 6.07) is 17.1. The second kappa shape index (κ2) is 8.14. The van der Waals surface area contributed by atoms with Gasteiger partial charge in [-0.1, -0.05) is 48.0 Å². The molecule has 1 amide bonds. The molecule has 1 saturated heterocycles. The van der Waals surface area contributed by atoms with Gasteiger partial charge in [0.05, 0.1) is 19.2 Å². The maximum absolute atomic E-state index is 13.1. The molecule has 1 atom stereocenters. The first-order valence-electron chi connectivity index (χ1n) is 9.94. The number of amides is 1. The van der Waals surface area contributed by atoms with Crippen molar-refractivity contribution in [2.24, 2.45) is 0 Å². The van der Waals surface area contributed by atoms with E-state index in [0.29, 0.717) is 22.8 Å². The number of carbonyl (C=O) groups excluding carboxylic acids is 2.